The lowest BCUT2D eigenvalue weighted by atomic mass is 9.90. The number of morpholine rings is 1. The van der Waals surface area contributed by atoms with Crippen molar-refractivity contribution >= 4 is 44.8 Å². The fourth-order valence-electron chi connectivity index (χ4n) is 5.69. The van der Waals surface area contributed by atoms with Crippen molar-refractivity contribution in [1.82, 2.24) is 4.90 Å². The molecule has 6 rings (SSSR count). The van der Waals surface area contributed by atoms with Gasteiger partial charge in [0.1, 0.15) is 18.4 Å². The third kappa shape index (κ3) is 5.69. The van der Waals surface area contributed by atoms with Gasteiger partial charge in [0.05, 0.1) is 23.9 Å². The molecule has 1 saturated heterocycles. The summed E-state index contributed by atoms with van der Waals surface area (Å²) in [6.07, 6.45) is 1.71. The predicted molar refractivity (Wildman–Crippen MR) is 153 cm³/mol. The molecule has 3 atom stereocenters. The highest BCUT2D eigenvalue weighted by Gasteiger charge is 2.50. The molecule has 2 saturated carbocycles. The van der Waals surface area contributed by atoms with Crippen LogP contribution in [0.25, 0.3) is 0 Å². The maximum absolute atomic E-state index is 15.1. The number of sulfonamides is 1. The number of halogens is 4. The molecule has 3 aromatic carbocycles. The summed E-state index contributed by atoms with van der Waals surface area (Å²) in [4.78, 5) is 15.4. The summed E-state index contributed by atoms with van der Waals surface area (Å²) in [5.41, 5.74) is 0.860. The average Bonchev–Trinajstić information content (AvgIpc) is 3.85. The summed E-state index contributed by atoms with van der Waals surface area (Å²) < 4.78 is 64.6. The smallest absolute Gasteiger partial charge is 0.249 e. The van der Waals surface area contributed by atoms with E-state index in [1.54, 1.807) is 47.4 Å². The molecule has 0 aromatic heterocycles. The molecule has 3 aliphatic rings. The fourth-order valence-corrected chi connectivity index (χ4v) is 7.89. The lowest BCUT2D eigenvalue weighted by Gasteiger charge is -2.47. The van der Waals surface area contributed by atoms with Crippen molar-refractivity contribution in [2.24, 2.45) is 5.92 Å². The first-order valence-electron chi connectivity index (χ1n) is 13.5. The molecule has 41 heavy (non-hydrogen) atoms. The first kappa shape index (κ1) is 28.4. The van der Waals surface area contributed by atoms with Crippen LogP contribution in [-0.2, 0) is 19.6 Å². The minimum atomic E-state index is -4.09. The van der Waals surface area contributed by atoms with Gasteiger partial charge in [-0.05, 0) is 79.1 Å². The molecular formula is C30H28Cl2F2N2O4S. The summed E-state index contributed by atoms with van der Waals surface area (Å²) in [5.74, 6) is -2.33. The lowest BCUT2D eigenvalue weighted by molar-refractivity contribution is -0.163. The molecule has 2 unspecified atom stereocenters. The van der Waals surface area contributed by atoms with Crippen molar-refractivity contribution in [3.8, 4) is 0 Å². The van der Waals surface area contributed by atoms with E-state index in [1.165, 1.54) is 6.07 Å². The van der Waals surface area contributed by atoms with Crippen LogP contribution in [0, 0.1) is 17.6 Å². The van der Waals surface area contributed by atoms with Gasteiger partial charge in [0, 0.05) is 10.0 Å². The van der Waals surface area contributed by atoms with Gasteiger partial charge in [-0.2, -0.15) is 0 Å². The third-order valence-corrected chi connectivity index (χ3v) is 10.7. The Bertz CT molecular complexity index is 1540. The van der Waals surface area contributed by atoms with Gasteiger partial charge in [0.25, 0.3) is 0 Å². The van der Waals surface area contributed by atoms with Gasteiger partial charge in [-0.3, -0.25) is 9.10 Å². The van der Waals surface area contributed by atoms with Crippen LogP contribution in [0.15, 0.2) is 66.7 Å². The number of amides is 1. The van der Waals surface area contributed by atoms with Gasteiger partial charge in [0.15, 0.2) is 11.6 Å². The zero-order valence-corrected chi connectivity index (χ0v) is 24.3. The quantitative estimate of drug-likeness (QED) is 0.267. The highest BCUT2D eigenvalue weighted by molar-refractivity contribution is 7.93. The molecule has 11 heteroatoms. The van der Waals surface area contributed by atoms with Crippen LogP contribution in [0.4, 0.5) is 14.5 Å². The molecule has 1 heterocycles. The molecule has 3 fully saturated rings. The van der Waals surface area contributed by atoms with Crippen LogP contribution in [0.3, 0.4) is 0 Å². The van der Waals surface area contributed by atoms with Crippen LogP contribution < -0.4 is 4.31 Å². The maximum Gasteiger partial charge on any atom is 0.249 e. The minimum Gasteiger partial charge on any atom is -0.361 e. The van der Waals surface area contributed by atoms with E-state index in [0.717, 1.165) is 40.4 Å². The predicted octanol–water partition coefficient (Wildman–Crippen LogP) is 6.69. The molecule has 1 amide bonds. The number of para-hydroxylation sites is 1. The Morgan fingerprint density at radius 1 is 0.902 bits per heavy atom. The van der Waals surface area contributed by atoms with Gasteiger partial charge >= 0.3 is 0 Å². The molecule has 6 nitrogen and oxygen atoms in total. The second-order valence-corrected chi connectivity index (χ2v) is 13.8. The van der Waals surface area contributed by atoms with E-state index in [-0.39, 0.29) is 25.0 Å². The Morgan fingerprint density at radius 2 is 1.56 bits per heavy atom. The van der Waals surface area contributed by atoms with Crippen molar-refractivity contribution in [3.05, 3.63) is 99.5 Å². The van der Waals surface area contributed by atoms with Crippen LogP contribution in [0.1, 0.15) is 49.0 Å². The van der Waals surface area contributed by atoms with E-state index in [2.05, 4.69) is 0 Å². The molecule has 216 valence electrons. The van der Waals surface area contributed by atoms with E-state index < -0.39 is 50.8 Å². The molecule has 2 aliphatic carbocycles. The van der Waals surface area contributed by atoms with Gasteiger partial charge in [-0.15, -0.1) is 0 Å². The molecule has 1 aliphatic heterocycles. The van der Waals surface area contributed by atoms with E-state index in [1.807, 2.05) is 6.07 Å². The number of rotatable bonds is 9. The maximum atomic E-state index is 15.1. The fraction of sp³-hybridized carbons (Fsp3) is 0.367. The first-order chi connectivity index (χ1) is 19.6. The summed E-state index contributed by atoms with van der Waals surface area (Å²) in [6.45, 7) is -0.520. The van der Waals surface area contributed by atoms with Gasteiger partial charge in [0.2, 0.25) is 15.9 Å². The molecular weight excluding hydrogens is 593 g/mol. The summed E-state index contributed by atoms with van der Waals surface area (Å²) in [5, 5.41) is 0.297. The summed E-state index contributed by atoms with van der Waals surface area (Å²) in [6, 6.07) is 16.2. The van der Waals surface area contributed by atoms with Gasteiger partial charge in [-0.1, -0.05) is 53.5 Å². The van der Waals surface area contributed by atoms with Crippen molar-refractivity contribution in [2.45, 2.75) is 49.1 Å². The van der Waals surface area contributed by atoms with E-state index in [9.17, 15) is 13.2 Å². The third-order valence-electron chi connectivity index (χ3n) is 7.97. The second kappa shape index (κ2) is 11.2. The molecule has 3 aromatic rings. The van der Waals surface area contributed by atoms with Crippen LogP contribution >= 0.6 is 23.2 Å². The van der Waals surface area contributed by atoms with E-state index in [0.29, 0.717) is 22.9 Å². The Kier molecular flexibility index (Phi) is 7.74. The first-order valence-corrected chi connectivity index (χ1v) is 15.8. The Labute approximate surface area is 247 Å². The minimum absolute atomic E-state index is 0.0569. The Hall–Kier alpha value is -2.72. The number of anilines is 1. The van der Waals surface area contributed by atoms with Gasteiger partial charge < -0.3 is 9.64 Å². The van der Waals surface area contributed by atoms with Crippen molar-refractivity contribution < 1.29 is 26.7 Å². The summed E-state index contributed by atoms with van der Waals surface area (Å²) >= 11 is 12.5. The van der Waals surface area contributed by atoms with Crippen LogP contribution in [0.2, 0.25) is 10.0 Å². The van der Waals surface area contributed by atoms with Crippen molar-refractivity contribution in [1.29, 1.82) is 0 Å². The zero-order valence-electron chi connectivity index (χ0n) is 21.9. The van der Waals surface area contributed by atoms with E-state index >= 15 is 8.78 Å². The molecule has 0 bridgehead atoms. The highest BCUT2D eigenvalue weighted by atomic mass is 35.5. The number of benzene rings is 3. The SMILES string of the molecule is O=C1COC(c2cccc(Cl)c2)C(c2ccc(Cl)cc2)N1[C@H](CN(c1c(F)cccc1F)S(=O)(=O)C1CC1)C1CC1. The zero-order chi connectivity index (χ0) is 28.9. The number of nitrogens with zero attached hydrogens (tertiary/aromatic N) is 2. The normalized spacial score (nSPS) is 22.0. The highest BCUT2D eigenvalue weighted by Crippen LogP contribution is 2.47. The molecule has 0 spiro atoms. The topological polar surface area (TPSA) is 66.9 Å². The lowest BCUT2D eigenvalue weighted by Crippen LogP contribution is -2.56. The van der Waals surface area contributed by atoms with Crippen molar-refractivity contribution in [3.63, 3.8) is 0 Å². The Balaban J connectivity index is 1.47. The number of hydrogen-bond donors (Lipinski definition) is 0. The molecule has 0 N–H and O–H groups in total. The van der Waals surface area contributed by atoms with Gasteiger partial charge in [-0.25, -0.2) is 17.2 Å². The van der Waals surface area contributed by atoms with Crippen LogP contribution in [0.5, 0.6) is 0 Å². The number of carbonyl (C=O) groups excluding carboxylic acids is 1. The Morgan fingerprint density at radius 3 is 2.17 bits per heavy atom. The number of carbonyl (C=O) groups is 1. The van der Waals surface area contributed by atoms with Crippen molar-refractivity contribution in [2.75, 3.05) is 17.5 Å². The standard InChI is InChI=1S/C30H28Cl2F2N2O4S/c31-21-11-9-19(10-12-21)28-30(20-3-1-4-22(32)15-20)40-17-27(37)36(28)26(18-7-8-18)16-35(41(38,39)23-13-14-23)29-24(33)5-2-6-25(29)34/h1-6,9-12,15,18,23,26,28,30H,7-8,13-14,16-17H2/t26-,28?,30?/m1/s1. The average molecular weight is 622 g/mol. The number of ether oxygens (including phenoxy) is 1. The van der Waals surface area contributed by atoms with E-state index in [4.69, 9.17) is 27.9 Å². The second-order valence-electron chi connectivity index (χ2n) is 10.8. The largest absolute Gasteiger partial charge is 0.361 e. The monoisotopic (exact) mass is 620 g/mol. The molecule has 0 radical (unpaired) electrons. The number of hydrogen-bond acceptors (Lipinski definition) is 4. The van der Waals surface area contributed by atoms with Crippen LogP contribution in [-0.4, -0.2) is 43.7 Å². The summed E-state index contributed by atoms with van der Waals surface area (Å²) in [7, 11) is -4.09.